The van der Waals surface area contributed by atoms with Gasteiger partial charge in [0.15, 0.2) is 0 Å². The van der Waals surface area contributed by atoms with Gasteiger partial charge in [-0.2, -0.15) is 0 Å². The quantitative estimate of drug-likeness (QED) is 0.911. The summed E-state index contributed by atoms with van der Waals surface area (Å²) in [6.07, 6.45) is 3.84. The molecule has 3 rings (SSSR count). The third-order valence-electron chi connectivity index (χ3n) is 3.36. The van der Waals surface area contributed by atoms with Gasteiger partial charge in [-0.15, -0.1) is 0 Å². The first-order chi connectivity index (χ1) is 9.67. The van der Waals surface area contributed by atoms with Crippen LogP contribution < -0.4 is 5.32 Å². The molecular weight excluding hydrogens is 270 g/mol. The summed E-state index contributed by atoms with van der Waals surface area (Å²) < 4.78 is 0. The Hall–Kier alpha value is -1.75. The van der Waals surface area contributed by atoms with Crippen LogP contribution >= 0.6 is 11.8 Å². The first kappa shape index (κ1) is 13.2. The highest BCUT2D eigenvalue weighted by atomic mass is 32.2. The Morgan fingerprint density at radius 3 is 3.05 bits per heavy atom. The minimum absolute atomic E-state index is 0.0392. The van der Waals surface area contributed by atoms with Gasteiger partial charge in [-0.05, 0) is 25.0 Å². The molecule has 4 nitrogen and oxygen atoms in total. The summed E-state index contributed by atoms with van der Waals surface area (Å²) in [6, 6.07) is 6.07. The monoisotopic (exact) mass is 287 g/mol. The normalized spacial score (nSPS) is 20.8. The SMILES string of the molecule is CCCC1S/C(=C/c2nc3c(C)cccc3[nH]2)NC1=O. The number of para-hydroxylation sites is 1. The Labute approximate surface area is 122 Å². The number of hydrogen-bond donors (Lipinski definition) is 2. The maximum atomic E-state index is 11.8. The number of nitrogens with zero attached hydrogens (tertiary/aromatic N) is 1. The van der Waals surface area contributed by atoms with Gasteiger partial charge in [0.05, 0.1) is 21.3 Å². The molecule has 1 aromatic carbocycles. The Kier molecular flexibility index (Phi) is 3.53. The number of imidazole rings is 1. The average Bonchev–Trinajstić information content (AvgIpc) is 2.95. The van der Waals surface area contributed by atoms with E-state index in [4.69, 9.17) is 0 Å². The molecule has 104 valence electrons. The zero-order valence-corrected chi connectivity index (χ0v) is 12.4. The number of aromatic nitrogens is 2. The summed E-state index contributed by atoms with van der Waals surface area (Å²) in [5, 5.41) is 3.84. The lowest BCUT2D eigenvalue weighted by atomic mass is 10.2. The Morgan fingerprint density at radius 1 is 1.45 bits per heavy atom. The molecule has 1 fully saturated rings. The van der Waals surface area contributed by atoms with E-state index in [1.165, 1.54) is 0 Å². The van der Waals surface area contributed by atoms with Crippen LogP contribution in [0.2, 0.25) is 0 Å². The van der Waals surface area contributed by atoms with Gasteiger partial charge in [0.1, 0.15) is 5.82 Å². The van der Waals surface area contributed by atoms with Crippen molar-refractivity contribution in [2.24, 2.45) is 0 Å². The number of H-pyrrole nitrogens is 1. The lowest BCUT2D eigenvalue weighted by Gasteiger charge is -2.00. The summed E-state index contributed by atoms with van der Waals surface area (Å²) in [4.78, 5) is 19.6. The van der Waals surface area contributed by atoms with Gasteiger partial charge >= 0.3 is 0 Å². The molecule has 1 amide bonds. The third kappa shape index (κ3) is 2.45. The zero-order chi connectivity index (χ0) is 14.1. The van der Waals surface area contributed by atoms with E-state index >= 15 is 0 Å². The number of carbonyl (C=O) groups is 1. The van der Waals surface area contributed by atoms with Gasteiger partial charge < -0.3 is 10.3 Å². The summed E-state index contributed by atoms with van der Waals surface area (Å²) in [6.45, 7) is 4.14. The number of hydrogen-bond acceptors (Lipinski definition) is 3. The van der Waals surface area contributed by atoms with Crippen molar-refractivity contribution in [2.75, 3.05) is 0 Å². The van der Waals surface area contributed by atoms with E-state index in [9.17, 15) is 4.79 Å². The highest BCUT2D eigenvalue weighted by molar-refractivity contribution is 8.05. The molecule has 0 spiro atoms. The summed E-state index contributed by atoms with van der Waals surface area (Å²) in [5.41, 5.74) is 3.16. The van der Waals surface area contributed by atoms with Crippen molar-refractivity contribution in [2.45, 2.75) is 31.9 Å². The summed E-state index contributed by atoms with van der Waals surface area (Å²) in [7, 11) is 0. The molecule has 20 heavy (non-hydrogen) atoms. The molecule has 1 aromatic heterocycles. The number of nitrogens with one attached hydrogen (secondary N) is 2. The van der Waals surface area contributed by atoms with Crippen LogP contribution in [0, 0.1) is 6.92 Å². The Morgan fingerprint density at radius 2 is 2.30 bits per heavy atom. The number of aromatic amines is 1. The van der Waals surface area contributed by atoms with Gasteiger partial charge in [-0.3, -0.25) is 4.79 Å². The lowest BCUT2D eigenvalue weighted by Crippen LogP contribution is -2.21. The standard InChI is InChI=1S/C15H17N3OS/c1-3-5-11-15(19)18-13(20-11)8-12-16-10-7-4-6-9(2)14(10)17-12/h4,6-8,11H,3,5H2,1-2H3,(H,16,17)(H,18,19)/b13-8+. The number of carbonyl (C=O) groups excluding carboxylic acids is 1. The molecular formula is C15H17N3OS. The van der Waals surface area contributed by atoms with E-state index in [0.717, 1.165) is 40.3 Å². The molecule has 0 radical (unpaired) electrons. The van der Waals surface area contributed by atoms with Crippen LogP contribution in [0.1, 0.15) is 31.2 Å². The van der Waals surface area contributed by atoms with Crippen LogP contribution in [0.15, 0.2) is 23.2 Å². The number of rotatable bonds is 3. The average molecular weight is 287 g/mol. The molecule has 2 heterocycles. The van der Waals surface area contributed by atoms with E-state index in [2.05, 4.69) is 22.2 Å². The van der Waals surface area contributed by atoms with Crippen molar-refractivity contribution < 1.29 is 4.79 Å². The molecule has 1 aliphatic rings. The summed E-state index contributed by atoms with van der Waals surface area (Å²) >= 11 is 1.59. The minimum atomic E-state index is 0.0392. The largest absolute Gasteiger partial charge is 0.338 e. The van der Waals surface area contributed by atoms with Crippen molar-refractivity contribution in [3.05, 3.63) is 34.6 Å². The second-order valence-corrected chi connectivity index (χ2v) is 6.23. The van der Waals surface area contributed by atoms with E-state index in [0.29, 0.717) is 0 Å². The van der Waals surface area contributed by atoms with Crippen LogP contribution in [0.5, 0.6) is 0 Å². The number of amides is 1. The fourth-order valence-corrected chi connectivity index (χ4v) is 3.51. The van der Waals surface area contributed by atoms with Gasteiger partial charge in [0, 0.05) is 6.08 Å². The van der Waals surface area contributed by atoms with E-state index in [1.54, 1.807) is 11.8 Å². The second kappa shape index (κ2) is 5.32. The molecule has 2 N–H and O–H groups in total. The highest BCUT2D eigenvalue weighted by Gasteiger charge is 2.28. The van der Waals surface area contributed by atoms with Crippen LogP contribution in [0.25, 0.3) is 17.1 Å². The first-order valence-corrected chi connectivity index (χ1v) is 7.70. The third-order valence-corrected chi connectivity index (χ3v) is 4.57. The zero-order valence-electron chi connectivity index (χ0n) is 11.6. The molecule has 1 unspecified atom stereocenters. The number of benzene rings is 1. The first-order valence-electron chi connectivity index (χ1n) is 6.82. The van der Waals surface area contributed by atoms with E-state index in [-0.39, 0.29) is 11.2 Å². The van der Waals surface area contributed by atoms with Gasteiger partial charge in [-0.1, -0.05) is 37.2 Å². The van der Waals surface area contributed by atoms with Crippen molar-refractivity contribution in [1.82, 2.24) is 15.3 Å². The molecule has 2 aromatic rings. The lowest BCUT2D eigenvalue weighted by molar-refractivity contribution is -0.119. The minimum Gasteiger partial charge on any atom is -0.338 e. The van der Waals surface area contributed by atoms with Crippen molar-refractivity contribution in [1.29, 1.82) is 0 Å². The van der Waals surface area contributed by atoms with Gasteiger partial charge in [0.25, 0.3) is 0 Å². The van der Waals surface area contributed by atoms with Crippen LogP contribution in [-0.2, 0) is 4.79 Å². The molecule has 1 aliphatic heterocycles. The second-order valence-electron chi connectivity index (χ2n) is 4.99. The number of aryl methyl sites for hydroxylation is 1. The van der Waals surface area contributed by atoms with Crippen LogP contribution in [0.4, 0.5) is 0 Å². The predicted octanol–water partition coefficient (Wildman–Crippen LogP) is 3.20. The van der Waals surface area contributed by atoms with Gasteiger partial charge in [-0.25, -0.2) is 4.98 Å². The van der Waals surface area contributed by atoms with Crippen molar-refractivity contribution in [3.8, 4) is 0 Å². The fourth-order valence-electron chi connectivity index (χ4n) is 2.35. The van der Waals surface area contributed by atoms with Gasteiger partial charge in [0.2, 0.25) is 5.91 Å². The van der Waals surface area contributed by atoms with Crippen LogP contribution in [0.3, 0.4) is 0 Å². The Balaban J connectivity index is 1.87. The molecule has 1 saturated heterocycles. The molecule has 5 heteroatoms. The topological polar surface area (TPSA) is 57.8 Å². The smallest absolute Gasteiger partial charge is 0.238 e. The van der Waals surface area contributed by atoms with E-state index < -0.39 is 0 Å². The van der Waals surface area contributed by atoms with Crippen LogP contribution in [-0.4, -0.2) is 21.1 Å². The van der Waals surface area contributed by atoms with Crippen molar-refractivity contribution >= 4 is 34.8 Å². The molecule has 0 aliphatic carbocycles. The fraction of sp³-hybridized carbons (Fsp3) is 0.333. The summed E-state index contributed by atoms with van der Waals surface area (Å²) in [5.74, 6) is 0.893. The number of thioether (sulfide) groups is 1. The molecule has 1 atom stereocenters. The Bertz CT molecular complexity index is 689. The maximum absolute atomic E-state index is 11.8. The van der Waals surface area contributed by atoms with Crippen molar-refractivity contribution in [3.63, 3.8) is 0 Å². The number of fused-ring (bicyclic) bond motifs is 1. The van der Waals surface area contributed by atoms with E-state index in [1.807, 2.05) is 31.2 Å². The molecule has 0 bridgehead atoms. The highest BCUT2D eigenvalue weighted by Crippen LogP contribution is 2.31. The predicted molar refractivity (Wildman–Crippen MR) is 83.2 cm³/mol. The molecule has 0 saturated carbocycles. The maximum Gasteiger partial charge on any atom is 0.238 e.